The monoisotopic (exact) mass is 146 g/mol. The number of carbonyl (C=O) groups is 1. The zero-order chi connectivity index (χ0) is 7.40. The first-order chi connectivity index (χ1) is 4.83. The molecular formula is C6H10O4. The van der Waals surface area contributed by atoms with Gasteiger partial charge in [0.05, 0.1) is 20.3 Å². The number of rotatable bonds is 3. The molecule has 0 unspecified atom stereocenters. The zero-order valence-corrected chi connectivity index (χ0v) is 5.83. The van der Waals surface area contributed by atoms with Crippen LogP contribution in [-0.4, -0.2) is 39.0 Å². The number of hydrogen-bond donors (Lipinski definition) is 0. The Hall–Kier alpha value is -0.610. The fraction of sp³-hybridized carbons (Fsp3) is 0.833. The summed E-state index contributed by atoms with van der Waals surface area (Å²) in [5.41, 5.74) is 0. The minimum Gasteiger partial charge on any atom is -0.467 e. The molecule has 0 radical (unpaired) electrons. The van der Waals surface area contributed by atoms with E-state index in [1.807, 2.05) is 0 Å². The molecule has 1 rings (SSSR count). The first kappa shape index (κ1) is 7.50. The molecule has 1 fully saturated rings. The minimum atomic E-state index is -0.341. The third-order valence-electron chi connectivity index (χ3n) is 1.27. The highest BCUT2D eigenvalue weighted by molar-refractivity contribution is 5.70. The number of hydrogen-bond acceptors (Lipinski definition) is 4. The summed E-state index contributed by atoms with van der Waals surface area (Å²) in [6.45, 7) is 1.22. The molecule has 0 amide bonds. The Morgan fingerprint density at radius 1 is 1.70 bits per heavy atom. The lowest BCUT2D eigenvalue weighted by Gasteiger charge is -2.25. The van der Waals surface area contributed by atoms with Gasteiger partial charge in [-0.05, 0) is 0 Å². The molecule has 0 saturated carbocycles. The van der Waals surface area contributed by atoms with Gasteiger partial charge in [0, 0.05) is 0 Å². The maximum absolute atomic E-state index is 10.5. The van der Waals surface area contributed by atoms with Crippen LogP contribution in [0, 0.1) is 0 Å². The summed E-state index contributed by atoms with van der Waals surface area (Å²) in [5, 5.41) is 0. The highest BCUT2D eigenvalue weighted by atomic mass is 16.6. The molecule has 4 nitrogen and oxygen atoms in total. The van der Waals surface area contributed by atoms with E-state index in [1.54, 1.807) is 0 Å². The first-order valence-electron chi connectivity index (χ1n) is 3.09. The van der Waals surface area contributed by atoms with Crippen LogP contribution in [-0.2, 0) is 19.0 Å². The second kappa shape index (κ2) is 3.53. The molecule has 1 heterocycles. The maximum atomic E-state index is 10.5. The van der Waals surface area contributed by atoms with Crippen LogP contribution in [0.5, 0.6) is 0 Å². The molecule has 1 saturated heterocycles. The molecule has 10 heavy (non-hydrogen) atoms. The second-order valence-electron chi connectivity index (χ2n) is 2.05. The molecule has 58 valence electrons. The Morgan fingerprint density at radius 2 is 2.40 bits per heavy atom. The van der Waals surface area contributed by atoms with Gasteiger partial charge in [0.15, 0.2) is 0 Å². The van der Waals surface area contributed by atoms with Crippen LogP contribution in [0.1, 0.15) is 0 Å². The largest absolute Gasteiger partial charge is 0.467 e. The van der Waals surface area contributed by atoms with Crippen molar-refractivity contribution in [2.24, 2.45) is 0 Å². The fourth-order valence-corrected chi connectivity index (χ4v) is 0.555. The van der Waals surface area contributed by atoms with Crippen LogP contribution in [0.4, 0.5) is 0 Å². The summed E-state index contributed by atoms with van der Waals surface area (Å²) in [4.78, 5) is 10.5. The number of carbonyl (C=O) groups excluding carboxylic acids is 1. The molecule has 0 atom stereocenters. The number of esters is 1. The third-order valence-corrected chi connectivity index (χ3v) is 1.27. The highest BCUT2D eigenvalue weighted by Crippen LogP contribution is 2.04. The summed E-state index contributed by atoms with van der Waals surface area (Å²) in [6, 6.07) is 0. The van der Waals surface area contributed by atoms with Crippen molar-refractivity contribution in [1.29, 1.82) is 0 Å². The summed E-state index contributed by atoms with van der Waals surface area (Å²) < 4.78 is 14.2. The van der Waals surface area contributed by atoms with E-state index in [1.165, 1.54) is 7.11 Å². The van der Waals surface area contributed by atoms with E-state index in [9.17, 15) is 4.79 Å². The van der Waals surface area contributed by atoms with Gasteiger partial charge in [0.1, 0.15) is 12.7 Å². The van der Waals surface area contributed by atoms with Crippen molar-refractivity contribution >= 4 is 5.97 Å². The lowest BCUT2D eigenvalue weighted by Crippen LogP contribution is -2.37. The molecule has 0 spiro atoms. The van der Waals surface area contributed by atoms with Crippen molar-refractivity contribution in [3.63, 3.8) is 0 Å². The van der Waals surface area contributed by atoms with E-state index in [0.717, 1.165) is 0 Å². The quantitative estimate of drug-likeness (QED) is 0.507. The average Bonchev–Trinajstić information content (AvgIpc) is 1.84. The average molecular weight is 146 g/mol. The summed E-state index contributed by atoms with van der Waals surface area (Å²) in [7, 11) is 1.34. The normalized spacial score (nSPS) is 18.1. The molecule has 1 aliphatic heterocycles. The van der Waals surface area contributed by atoms with Gasteiger partial charge in [0.25, 0.3) is 0 Å². The molecule has 0 aromatic rings. The second-order valence-corrected chi connectivity index (χ2v) is 2.05. The van der Waals surface area contributed by atoms with Crippen LogP contribution in [0.25, 0.3) is 0 Å². The van der Waals surface area contributed by atoms with E-state index >= 15 is 0 Å². The van der Waals surface area contributed by atoms with E-state index in [0.29, 0.717) is 13.2 Å². The topological polar surface area (TPSA) is 44.8 Å². The fourth-order valence-electron chi connectivity index (χ4n) is 0.555. The lowest BCUT2D eigenvalue weighted by atomic mass is 10.3. The summed E-state index contributed by atoms with van der Waals surface area (Å²) in [6.07, 6.45) is 0.0964. The minimum absolute atomic E-state index is 0.0323. The van der Waals surface area contributed by atoms with Crippen molar-refractivity contribution in [2.45, 2.75) is 6.10 Å². The van der Waals surface area contributed by atoms with Gasteiger partial charge < -0.3 is 14.2 Å². The Morgan fingerprint density at radius 3 is 2.80 bits per heavy atom. The predicted molar refractivity (Wildman–Crippen MR) is 32.6 cm³/mol. The predicted octanol–water partition coefficient (Wildman–Crippen LogP) is -0.425. The van der Waals surface area contributed by atoms with Crippen LogP contribution in [0.2, 0.25) is 0 Å². The van der Waals surface area contributed by atoms with Crippen LogP contribution >= 0.6 is 0 Å². The molecule has 0 aromatic heterocycles. The molecule has 0 aromatic carbocycles. The smallest absolute Gasteiger partial charge is 0.331 e. The van der Waals surface area contributed by atoms with Gasteiger partial charge in [-0.15, -0.1) is 0 Å². The van der Waals surface area contributed by atoms with Crippen molar-refractivity contribution in [2.75, 3.05) is 26.9 Å². The van der Waals surface area contributed by atoms with Gasteiger partial charge in [-0.25, -0.2) is 4.79 Å². The van der Waals surface area contributed by atoms with Gasteiger partial charge in [-0.1, -0.05) is 0 Å². The van der Waals surface area contributed by atoms with Crippen molar-refractivity contribution in [3.8, 4) is 0 Å². The maximum Gasteiger partial charge on any atom is 0.331 e. The summed E-state index contributed by atoms with van der Waals surface area (Å²) >= 11 is 0. The molecule has 0 N–H and O–H groups in total. The van der Waals surface area contributed by atoms with E-state index in [4.69, 9.17) is 9.47 Å². The standard InChI is InChI=1S/C6H10O4/c1-8-6(7)4-10-5-2-9-3-5/h5H,2-4H2,1H3. The highest BCUT2D eigenvalue weighted by Gasteiger charge is 2.19. The molecule has 0 bridgehead atoms. The van der Waals surface area contributed by atoms with Gasteiger partial charge in [0.2, 0.25) is 0 Å². The van der Waals surface area contributed by atoms with Crippen LogP contribution in [0.15, 0.2) is 0 Å². The van der Waals surface area contributed by atoms with Crippen LogP contribution < -0.4 is 0 Å². The lowest BCUT2D eigenvalue weighted by molar-refractivity contribution is -0.163. The van der Waals surface area contributed by atoms with Gasteiger partial charge in [-0.3, -0.25) is 0 Å². The zero-order valence-electron chi connectivity index (χ0n) is 5.83. The van der Waals surface area contributed by atoms with Crippen molar-refractivity contribution in [3.05, 3.63) is 0 Å². The van der Waals surface area contributed by atoms with E-state index in [-0.39, 0.29) is 18.7 Å². The van der Waals surface area contributed by atoms with E-state index < -0.39 is 0 Å². The van der Waals surface area contributed by atoms with Gasteiger partial charge >= 0.3 is 5.97 Å². The van der Waals surface area contributed by atoms with Crippen molar-refractivity contribution in [1.82, 2.24) is 0 Å². The Labute approximate surface area is 59.1 Å². The first-order valence-corrected chi connectivity index (χ1v) is 3.09. The molecular weight excluding hydrogens is 136 g/mol. The third kappa shape index (κ3) is 1.97. The van der Waals surface area contributed by atoms with E-state index in [2.05, 4.69) is 4.74 Å². The molecule has 1 aliphatic rings. The molecule has 0 aliphatic carbocycles. The number of ether oxygens (including phenoxy) is 3. The molecule has 4 heteroatoms. The summed E-state index contributed by atoms with van der Waals surface area (Å²) in [5.74, 6) is -0.341. The van der Waals surface area contributed by atoms with Crippen LogP contribution in [0.3, 0.4) is 0 Å². The van der Waals surface area contributed by atoms with Gasteiger partial charge in [-0.2, -0.15) is 0 Å². The Kier molecular flexibility index (Phi) is 2.65. The Bertz CT molecular complexity index is 119. The SMILES string of the molecule is COC(=O)COC1COC1. The van der Waals surface area contributed by atoms with Crippen molar-refractivity contribution < 1.29 is 19.0 Å². The number of methoxy groups -OCH3 is 1. The Balaban J connectivity index is 1.98.